The molecule has 2 rings (SSSR count). The maximum absolute atomic E-state index is 12.4. The minimum atomic E-state index is -0.429. The number of nitrogens with one attached hydrogen (secondary N) is 1. The van der Waals surface area contributed by atoms with E-state index < -0.39 is 6.04 Å². The Labute approximate surface area is 134 Å². The highest BCUT2D eigenvalue weighted by atomic mass is 32.2. The van der Waals surface area contributed by atoms with Crippen molar-refractivity contribution in [3.05, 3.63) is 29.8 Å². The van der Waals surface area contributed by atoms with Crippen LogP contribution in [0.4, 0.5) is 5.69 Å². The lowest BCUT2D eigenvalue weighted by Gasteiger charge is -2.25. The van der Waals surface area contributed by atoms with Crippen LogP contribution >= 0.6 is 11.8 Å². The molecule has 1 aliphatic heterocycles. The Balaban J connectivity index is 2.04. The normalized spacial score (nSPS) is 18.6. The van der Waals surface area contributed by atoms with E-state index in [0.717, 1.165) is 6.42 Å². The summed E-state index contributed by atoms with van der Waals surface area (Å²) in [6.07, 6.45) is 0.768. The molecule has 6 heteroatoms. The molecular weight excluding hydrogens is 298 g/mol. The molecule has 1 aliphatic rings. The number of anilines is 1. The van der Waals surface area contributed by atoms with Crippen molar-refractivity contribution in [3.8, 4) is 6.07 Å². The van der Waals surface area contributed by atoms with Crippen LogP contribution in [0.15, 0.2) is 24.3 Å². The first-order chi connectivity index (χ1) is 10.6. The molecule has 0 unspecified atom stereocenters. The summed E-state index contributed by atoms with van der Waals surface area (Å²) in [4.78, 5) is 26.4. The minimum Gasteiger partial charge on any atom is -0.324 e. The minimum absolute atomic E-state index is 0.0347. The van der Waals surface area contributed by atoms with Crippen molar-refractivity contribution in [2.24, 2.45) is 5.92 Å². The first-order valence-corrected chi connectivity index (χ1v) is 8.41. The van der Waals surface area contributed by atoms with E-state index in [1.54, 1.807) is 40.9 Å². The van der Waals surface area contributed by atoms with E-state index in [9.17, 15) is 9.59 Å². The van der Waals surface area contributed by atoms with Gasteiger partial charge in [0.05, 0.1) is 17.5 Å². The number of nitrogens with zero attached hydrogens (tertiary/aromatic N) is 2. The van der Waals surface area contributed by atoms with Gasteiger partial charge in [-0.2, -0.15) is 5.26 Å². The molecule has 0 aromatic heterocycles. The first kappa shape index (κ1) is 16.4. The SMILES string of the molecule is CC[C@H](C)C(=O)N1CSC[C@H]1C(=O)Nc1ccc(C#N)cc1. The van der Waals surface area contributed by atoms with E-state index in [1.807, 2.05) is 19.9 Å². The molecule has 1 fully saturated rings. The van der Waals surface area contributed by atoms with E-state index >= 15 is 0 Å². The summed E-state index contributed by atoms with van der Waals surface area (Å²) >= 11 is 1.59. The molecule has 1 saturated heterocycles. The van der Waals surface area contributed by atoms with Crippen molar-refractivity contribution < 1.29 is 9.59 Å². The topological polar surface area (TPSA) is 73.2 Å². The molecule has 1 aromatic carbocycles. The summed E-state index contributed by atoms with van der Waals surface area (Å²) in [7, 11) is 0. The van der Waals surface area contributed by atoms with E-state index in [-0.39, 0.29) is 17.7 Å². The van der Waals surface area contributed by atoms with Crippen molar-refractivity contribution in [1.82, 2.24) is 4.90 Å². The van der Waals surface area contributed by atoms with Crippen LogP contribution in [0.1, 0.15) is 25.8 Å². The lowest BCUT2D eigenvalue weighted by Crippen LogP contribution is -2.46. The fourth-order valence-corrected chi connectivity index (χ4v) is 3.35. The van der Waals surface area contributed by atoms with Gasteiger partial charge in [-0.25, -0.2) is 0 Å². The second kappa shape index (κ2) is 7.32. The summed E-state index contributed by atoms with van der Waals surface area (Å²) in [6.45, 7) is 3.86. The van der Waals surface area contributed by atoms with E-state index in [0.29, 0.717) is 22.9 Å². The van der Waals surface area contributed by atoms with Gasteiger partial charge < -0.3 is 10.2 Å². The van der Waals surface area contributed by atoms with Gasteiger partial charge >= 0.3 is 0 Å². The van der Waals surface area contributed by atoms with Crippen molar-refractivity contribution in [2.45, 2.75) is 26.3 Å². The third-order valence-corrected chi connectivity index (χ3v) is 4.80. The van der Waals surface area contributed by atoms with Crippen LogP contribution in [0.3, 0.4) is 0 Å². The van der Waals surface area contributed by atoms with Crippen LogP contribution < -0.4 is 5.32 Å². The van der Waals surface area contributed by atoms with Crippen molar-refractivity contribution >= 4 is 29.3 Å². The number of thioether (sulfide) groups is 1. The number of nitriles is 1. The van der Waals surface area contributed by atoms with Crippen LogP contribution in [-0.2, 0) is 9.59 Å². The molecule has 5 nitrogen and oxygen atoms in total. The summed E-state index contributed by atoms with van der Waals surface area (Å²) < 4.78 is 0. The molecule has 2 amide bonds. The fraction of sp³-hybridized carbons (Fsp3) is 0.438. The van der Waals surface area contributed by atoms with Gasteiger partial charge in [-0.3, -0.25) is 9.59 Å². The second-order valence-corrected chi connectivity index (χ2v) is 6.31. The molecule has 0 saturated carbocycles. The van der Waals surface area contributed by atoms with Crippen molar-refractivity contribution in [2.75, 3.05) is 16.9 Å². The zero-order valence-electron chi connectivity index (χ0n) is 12.7. The third-order valence-electron chi connectivity index (χ3n) is 3.78. The largest absolute Gasteiger partial charge is 0.324 e. The van der Waals surface area contributed by atoms with Crippen LogP contribution in [0, 0.1) is 17.2 Å². The Morgan fingerprint density at radius 2 is 2.14 bits per heavy atom. The Hall–Kier alpha value is -2.00. The highest BCUT2D eigenvalue weighted by molar-refractivity contribution is 7.99. The number of carbonyl (C=O) groups is 2. The van der Waals surface area contributed by atoms with Crippen LogP contribution in [0.25, 0.3) is 0 Å². The van der Waals surface area contributed by atoms with Gasteiger partial charge in [-0.15, -0.1) is 11.8 Å². The van der Waals surface area contributed by atoms with Gasteiger partial charge in [-0.05, 0) is 30.7 Å². The number of rotatable bonds is 4. The maximum Gasteiger partial charge on any atom is 0.248 e. The molecule has 1 N–H and O–H groups in total. The highest BCUT2D eigenvalue weighted by Crippen LogP contribution is 2.25. The van der Waals surface area contributed by atoms with Gasteiger partial charge in [0.2, 0.25) is 11.8 Å². The molecular formula is C16H19N3O2S. The molecule has 0 spiro atoms. The summed E-state index contributed by atoms with van der Waals surface area (Å²) in [5.41, 5.74) is 1.18. The van der Waals surface area contributed by atoms with Crippen molar-refractivity contribution in [1.29, 1.82) is 5.26 Å². The average molecular weight is 317 g/mol. The lowest BCUT2D eigenvalue weighted by atomic mass is 10.1. The molecule has 0 aliphatic carbocycles. The molecule has 0 radical (unpaired) electrons. The molecule has 116 valence electrons. The average Bonchev–Trinajstić information content (AvgIpc) is 3.03. The number of hydrogen-bond donors (Lipinski definition) is 1. The quantitative estimate of drug-likeness (QED) is 0.925. The third kappa shape index (κ3) is 3.60. The summed E-state index contributed by atoms with van der Waals surface area (Å²) in [5.74, 6) is 0.974. The fourth-order valence-electron chi connectivity index (χ4n) is 2.19. The van der Waals surface area contributed by atoms with Gasteiger partial charge in [0.25, 0.3) is 0 Å². The smallest absolute Gasteiger partial charge is 0.248 e. The highest BCUT2D eigenvalue weighted by Gasteiger charge is 2.35. The molecule has 22 heavy (non-hydrogen) atoms. The van der Waals surface area contributed by atoms with E-state index in [4.69, 9.17) is 5.26 Å². The molecule has 2 atom stereocenters. The van der Waals surface area contributed by atoms with Gasteiger partial charge in [0.15, 0.2) is 0 Å². The number of amides is 2. The Morgan fingerprint density at radius 3 is 2.73 bits per heavy atom. The molecule has 0 bridgehead atoms. The van der Waals surface area contributed by atoms with Gasteiger partial charge in [0, 0.05) is 17.4 Å². The molecule has 1 aromatic rings. The first-order valence-electron chi connectivity index (χ1n) is 7.26. The van der Waals surface area contributed by atoms with E-state index in [2.05, 4.69) is 5.32 Å². The Kier molecular flexibility index (Phi) is 5.45. The number of benzene rings is 1. The van der Waals surface area contributed by atoms with Gasteiger partial charge in [0.1, 0.15) is 6.04 Å². The standard InChI is InChI=1S/C16H19N3O2S/c1-3-11(2)16(21)19-10-22-9-14(19)15(20)18-13-6-4-12(8-17)5-7-13/h4-7,11,14H,3,9-10H2,1-2H3,(H,18,20)/t11-,14-/m0/s1. The Bertz CT molecular complexity index is 594. The summed E-state index contributed by atoms with van der Waals surface area (Å²) in [6, 6.07) is 8.30. The van der Waals surface area contributed by atoms with Crippen molar-refractivity contribution in [3.63, 3.8) is 0 Å². The summed E-state index contributed by atoms with van der Waals surface area (Å²) in [5, 5.41) is 11.6. The predicted molar refractivity (Wildman–Crippen MR) is 87.2 cm³/mol. The van der Waals surface area contributed by atoms with Crippen LogP contribution in [0.5, 0.6) is 0 Å². The Morgan fingerprint density at radius 1 is 1.45 bits per heavy atom. The zero-order valence-corrected chi connectivity index (χ0v) is 13.5. The molecule has 1 heterocycles. The maximum atomic E-state index is 12.4. The zero-order chi connectivity index (χ0) is 16.1. The number of hydrogen-bond acceptors (Lipinski definition) is 4. The second-order valence-electron chi connectivity index (χ2n) is 5.31. The lowest BCUT2D eigenvalue weighted by molar-refractivity contribution is -0.139. The van der Waals surface area contributed by atoms with E-state index in [1.165, 1.54) is 0 Å². The monoisotopic (exact) mass is 317 g/mol. The van der Waals surface area contributed by atoms with Crippen LogP contribution in [0.2, 0.25) is 0 Å². The number of carbonyl (C=O) groups excluding carboxylic acids is 2. The van der Waals surface area contributed by atoms with Gasteiger partial charge in [-0.1, -0.05) is 13.8 Å². The predicted octanol–water partition coefficient (Wildman–Crippen LogP) is 2.44. The van der Waals surface area contributed by atoms with Crippen LogP contribution in [-0.4, -0.2) is 34.4 Å².